The van der Waals surface area contributed by atoms with E-state index in [-0.39, 0.29) is 12.2 Å². The Labute approximate surface area is 66.9 Å². The van der Waals surface area contributed by atoms with Crippen molar-refractivity contribution in [2.75, 3.05) is 13.2 Å². The van der Waals surface area contributed by atoms with E-state index in [0.717, 1.165) is 19.4 Å². The van der Waals surface area contributed by atoms with Crippen LogP contribution >= 0.6 is 0 Å². The Morgan fingerprint density at radius 1 is 1.82 bits per heavy atom. The Kier molecular flexibility index (Phi) is 3.34. The average molecular weight is 155 g/mol. The van der Waals surface area contributed by atoms with Gasteiger partial charge in [0.2, 0.25) is 0 Å². The number of nitrogens with zero attached hydrogens (tertiary/aromatic N) is 1. The van der Waals surface area contributed by atoms with Crippen molar-refractivity contribution in [3.8, 4) is 6.07 Å². The lowest BCUT2D eigenvalue weighted by molar-refractivity contribution is 0.0710. The SMILES string of the molecule is CCCC(C#N)OCC1CO1. The van der Waals surface area contributed by atoms with Crippen molar-refractivity contribution in [1.82, 2.24) is 0 Å². The molecule has 3 heteroatoms. The standard InChI is InChI=1S/C8H13NO2/c1-2-3-7(4-9)10-5-8-6-11-8/h7-8H,2-3,5-6H2,1H3. The van der Waals surface area contributed by atoms with Crippen LogP contribution in [-0.4, -0.2) is 25.4 Å². The van der Waals surface area contributed by atoms with Crippen LogP contribution in [0.25, 0.3) is 0 Å². The Bertz CT molecular complexity index is 149. The van der Waals surface area contributed by atoms with E-state index in [2.05, 4.69) is 6.07 Å². The van der Waals surface area contributed by atoms with Gasteiger partial charge >= 0.3 is 0 Å². The zero-order valence-electron chi connectivity index (χ0n) is 6.75. The van der Waals surface area contributed by atoms with Gasteiger partial charge in [0.25, 0.3) is 0 Å². The maximum Gasteiger partial charge on any atom is 0.144 e. The Balaban J connectivity index is 2.05. The minimum absolute atomic E-state index is 0.232. The van der Waals surface area contributed by atoms with Gasteiger partial charge in [0, 0.05) is 0 Å². The molecule has 1 fully saturated rings. The predicted molar refractivity (Wildman–Crippen MR) is 40.0 cm³/mol. The second kappa shape index (κ2) is 4.32. The van der Waals surface area contributed by atoms with Crippen molar-refractivity contribution in [1.29, 1.82) is 5.26 Å². The minimum atomic E-state index is -0.232. The molecule has 0 N–H and O–H groups in total. The molecule has 1 heterocycles. The normalized spacial score (nSPS) is 24.2. The van der Waals surface area contributed by atoms with E-state index >= 15 is 0 Å². The van der Waals surface area contributed by atoms with Crippen LogP contribution in [0.4, 0.5) is 0 Å². The third-order valence-electron chi connectivity index (χ3n) is 1.58. The zero-order chi connectivity index (χ0) is 8.10. The third kappa shape index (κ3) is 3.35. The van der Waals surface area contributed by atoms with E-state index in [9.17, 15) is 0 Å². The van der Waals surface area contributed by atoms with Crippen LogP contribution in [0.1, 0.15) is 19.8 Å². The third-order valence-corrected chi connectivity index (χ3v) is 1.58. The molecule has 1 rings (SSSR count). The van der Waals surface area contributed by atoms with Gasteiger partial charge in [0.1, 0.15) is 12.2 Å². The summed E-state index contributed by atoms with van der Waals surface area (Å²) in [4.78, 5) is 0. The summed E-state index contributed by atoms with van der Waals surface area (Å²) in [7, 11) is 0. The molecule has 0 saturated carbocycles. The van der Waals surface area contributed by atoms with Gasteiger partial charge in [-0.1, -0.05) is 13.3 Å². The number of nitriles is 1. The highest BCUT2D eigenvalue weighted by Crippen LogP contribution is 2.11. The molecule has 0 aliphatic carbocycles. The quantitative estimate of drug-likeness (QED) is 0.558. The summed E-state index contributed by atoms with van der Waals surface area (Å²) in [6.07, 6.45) is 1.85. The summed E-state index contributed by atoms with van der Waals surface area (Å²) in [5, 5.41) is 8.57. The van der Waals surface area contributed by atoms with Crippen LogP contribution in [0, 0.1) is 11.3 Å². The fraction of sp³-hybridized carbons (Fsp3) is 0.875. The van der Waals surface area contributed by atoms with E-state index in [1.807, 2.05) is 6.92 Å². The molecule has 0 amide bonds. The number of hydrogen-bond acceptors (Lipinski definition) is 3. The molecule has 0 radical (unpaired) electrons. The number of hydrogen-bond donors (Lipinski definition) is 0. The Morgan fingerprint density at radius 2 is 2.55 bits per heavy atom. The van der Waals surface area contributed by atoms with Crippen molar-refractivity contribution >= 4 is 0 Å². The molecule has 11 heavy (non-hydrogen) atoms. The van der Waals surface area contributed by atoms with Crippen LogP contribution in [-0.2, 0) is 9.47 Å². The fourth-order valence-corrected chi connectivity index (χ4v) is 0.835. The largest absolute Gasteiger partial charge is 0.371 e. The summed E-state index contributed by atoms with van der Waals surface area (Å²) in [6.45, 7) is 3.42. The maximum atomic E-state index is 8.57. The molecule has 0 aromatic carbocycles. The Morgan fingerprint density at radius 3 is 3.00 bits per heavy atom. The maximum absolute atomic E-state index is 8.57. The fourth-order valence-electron chi connectivity index (χ4n) is 0.835. The number of ether oxygens (including phenoxy) is 2. The summed E-state index contributed by atoms with van der Waals surface area (Å²) >= 11 is 0. The predicted octanol–water partition coefficient (Wildman–Crippen LogP) is 1.09. The highest BCUT2D eigenvalue weighted by Gasteiger charge is 2.23. The van der Waals surface area contributed by atoms with Crippen molar-refractivity contribution in [3.05, 3.63) is 0 Å². The van der Waals surface area contributed by atoms with E-state index in [0.29, 0.717) is 6.61 Å². The summed E-state index contributed by atoms with van der Waals surface area (Å²) in [6, 6.07) is 2.11. The van der Waals surface area contributed by atoms with Gasteiger partial charge < -0.3 is 9.47 Å². The molecule has 3 nitrogen and oxygen atoms in total. The molecule has 2 unspecified atom stereocenters. The smallest absolute Gasteiger partial charge is 0.144 e. The van der Waals surface area contributed by atoms with Crippen LogP contribution in [0.2, 0.25) is 0 Å². The first kappa shape index (κ1) is 8.51. The summed E-state index contributed by atoms with van der Waals surface area (Å²) in [5.41, 5.74) is 0. The minimum Gasteiger partial charge on any atom is -0.371 e. The molecule has 1 aliphatic rings. The van der Waals surface area contributed by atoms with Crippen LogP contribution < -0.4 is 0 Å². The molecule has 0 spiro atoms. The average Bonchev–Trinajstić information content (AvgIpc) is 2.81. The van der Waals surface area contributed by atoms with Gasteiger partial charge in [0.05, 0.1) is 19.3 Å². The number of rotatable bonds is 5. The van der Waals surface area contributed by atoms with E-state index in [1.54, 1.807) is 0 Å². The van der Waals surface area contributed by atoms with Crippen molar-refractivity contribution < 1.29 is 9.47 Å². The van der Waals surface area contributed by atoms with Crippen LogP contribution in [0.15, 0.2) is 0 Å². The number of epoxide rings is 1. The molecule has 1 aliphatic heterocycles. The second-order valence-corrected chi connectivity index (χ2v) is 2.70. The monoisotopic (exact) mass is 155 g/mol. The van der Waals surface area contributed by atoms with Gasteiger partial charge in [-0.15, -0.1) is 0 Å². The molecular weight excluding hydrogens is 142 g/mol. The first-order valence-corrected chi connectivity index (χ1v) is 3.99. The lowest BCUT2D eigenvalue weighted by Crippen LogP contribution is -2.13. The molecule has 2 atom stereocenters. The molecule has 0 bridgehead atoms. The van der Waals surface area contributed by atoms with E-state index < -0.39 is 0 Å². The van der Waals surface area contributed by atoms with Crippen LogP contribution in [0.5, 0.6) is 0 Å². The lowest BCUT2D eigenvalue weighted by Gasteiger charge is -2.06. The zero-order valence-corrected chi connectivity index (χ0v) is 6.75. The molecule has 0 aromatic heterocycles. The summed E-state index contributed by atoms with van der Waals surface area (Å²) in [5.74, 6) is 0. The van der Waals surface area contributed by atoms with Crippen molar-refractivity contribution in [3.63, 3.8) is 0 Å². The van der Waals surface area contributed by atoms with E-state index in [4.69, 9.17) is 14.7 Å². The molecular formula is C8H13NO2. The second-order valence-electron chi connectivity index (χ2n) is 2.70. The van der Waals surface area contributed by atoms with Gasteiger partial charge in [-0.2, -0.15) is 5.26 Å². The summed E-state index contributed by atoms with van der Waals surface area (Å²) < 4.78 is 10.2. The van der Waals surface area contributed by atoms with Gasteiger partial charge in [-0.3, -0.25) is 0 Å². The lowest BCUT2D eigenvalue weighted by atomic mass is 10.2. The highest BCUT2D eigenvalue weighted by atomic mass is 16.6. The molecule has 1 saturated heterocycles. The first-order valence-electron chi connectivity index (χ1n) is 3.99. The van der Waals surface area contributed by atoms with E-state index in [1.165, 1.54) is 0 Å². The first-order chi connectivity index (χ1) is 5.36. The molecule has 0 aromatic rings. The van der Waals surface area contributed by atoms with Crippen molar-refractivity contribution in [2.45, 2.75) is 32.0 Å². The van der Waals surface area contributed by atoms with Crippen molar-refractivity contribution in [2.24, 2.45) is 0 Å². The molecule has 62 valence electrons. The van der Waals surface area contributed by atoms with Gasteiger partial charge in [-0.05, 0) is 6.42 Å². The Hall–Kier alpha value is -0.590. The van der Waals surface area contributed by atoms with Gasteiger partial charge in [-0.25, -0.2) is 0 Å². The van der Waals surface area contributed by atoms with Crippen LogP contribution in [0.3, 0.4) is 0 Å². The topological polar surface area (TPSA) is 45.5 Å². The van der Waals surface area contributed by atoms with Gasteiger partial charge in [0.15, 0.2) is 0 Å². The highest BCUT2D eigenvalue weighted by molar-refractivity contribution is 4.84.